The molecule has 1 fully saturated rings. The second-order valence-corrected chi connectivity index (χ2v) is 11.1. The second kappa shape index (κ2) is 10.8. The minimum atomic E-state index is -0.400. The quantitative estimate of drug-likeness (QED) is 0.327. The fourth-order valence-electron chi connectivity index (χ4n) is 6.53. The van der Waals surface area contributed by atoms with Crippen LogP contribution in [-0.2, 0) is 16.0 Å². The zero-order chi connectivity index (χ0) is 25.1. The van der Waals surface area contributed by atoms with E-state index in [4.69, 9.17) is 9.72 Å². The van der Waals surface area contributed by atoms with Gasteiger partial charge in [0.15, 0.2) is 0 Å². The zero-order valence-electron chi connectivity index (χ0n) is 22.1. The first-order chi connectivity index (χ1) is 17.5. The van der Waals surface area contributed by atoms with Crippen LogP contribution in [0.5, 0.6) is 0 Å². The van der Waals surface area contributed by atoms with E-state index in [9.17, 15) is 4.79 Å². The number of aryl methyl sites for hydroxylation is 1. The first kappa shape index (κ1) is 25.0. The molecule has 1 N–H and O–H groups in total. The summed E-state index contributed by atoms with van der Waals surface area (Å²) in [7, 11) is 0. The summed E-state index contributed by atoms with van der Waals surface area (Å²) in [5.41, 5.74) is 4.67. The van der Waals surface area contributed by atoms with E-state index >= 15 is 0 Å². The molecule has 3 aliphatic rings. The van der Waals surface area contributed by atoms with E-state index in [0.29, 0.717) is 11.8 Å². The first-order valence-electron chi connectivity index (χ1n) is 14.0. The number of esters is 1. The molecule has 5 nitrogen and oxygen atoms in total. The molecule has 0 radical (unpaired) electrons. The summed E-state index contributed by atoms with van der Waals surface area (Å²) in [6.45, 7) is 9.12. The largest absolute Gasteiger partial charge is 0.458 e. The predicted octanol–water partition coefficient (Wildman–Crippen LogP) is 6.60. The van der Waals surface area contributed by atoms with Crippen LogP contribution in [0, 0.1) is 5.92 Å². The third-order valence-corrected chi connectivity index (χ3v) is 8.48. The van der Waals surface area contributed by atoms with E-state index in [0.717, 1.165) is 68.6 Å². The van der Waals surface area contributed by atoms with Gasteiger partial charge in [0.2, 0.25) is 0 Å². The van der Waals surface area contributed by atoms with Gasteiger partial charge in [0.05, 0.1) is 17.0 Å². The van der Waals surface area contributed by atoms with Crippen LogP contribution in [0.4, 0.5) is 0 Å². The van der Waals surface area contributed by atoms with Crippen LogP contribution in [0.2, 0.25) is 0 Å². The number of rotatable bonds is 10. The minimum absolute atomic E-state index is 0.0482. The van der Waals surface area contributed by atoms with Crippen molar-refractivity contribution < 1.29 is 9.53 Å². The fraction of sp³-hybridized carbons (Fsp3) is 0.548. The summed E-state index contributed by atoms with van der Waals surface area (Å²) < 4.78 is 6.53. The maximum Gasteiger partial charge on any atom is 0.308 e. The van der Waals surface area contributed by atoms with E-state index in [1.54, 1.807) is 0 Å². The summed E-state index contributed by atoms with van der Waals surface area (Å²) in [6.07, 6.45) is 7.38. The van der Waals surface area contributed by atoms with Crippen molar-refractivity contribution in [2.45, 2.75) is 83.2 Å². The number of nitrogens with zero attached hydrogens (tertiary/aromatic N) is 2. The molecule has 0 spiro atoms. The second-order valence-electron chi connectivity index (χ2n) is 11.1. The van der Waals surface area contributed by atoms with Gasteiger partial charge in [-0.2, -0.15) is 0 Å². The highest BCUT2D eigenvalue weighted by Crippen LogP contribution is 2.55. The summed E-state index contributed by atoms with van der Waals surface area (Å²) in [4.78, 5) is 23.7. The van der Waals surface area contributed by atoms with Crippen molar-refractivity contribution in [1.82, 2.24) is 14.9 Å². The van der Waals surface area contributed by atoms with Gasteiger partial charge in [-0.25, -0.2) is 4.98 Å². The Morgan fingerprint density at radius 3 is 2.67 bits per heavy atom. The third-order valence-electron chi connectivity index (χ3n) is 8.48. The molecule has 3 aromatic rings. The molecule has 0 unspecified atom stereocenters. The molecule has 192 valence electrons. The van der Waals surface area contributed by atoms with Crippen LogP contribution >= 0.6 is 0 Å². The number of carbonyl (C=O) groups excluding carboxylic acids is 1. The zero-order valence-corrected chi connectivity index (χ0v) is 22.1. The number of carbonyl (C=O) groups is 1. The Bertz CT molecular complexity index is 1150. The maximum atomic E-state index is 13.0. The van der Waals surface area contributed by atoms with Crippen LogP contribution in [0.3, 0.4) is 0 Å². The van der Waals surface area contributed by atoms with Crippen LogP contribution in [-0.4, -0.2) is 46.1 Å². The molecule has 2 aromatic carbocycles. The number of para-hydroxylation sites is 2. The van der Waals surface area contributed by atoms with Crippen LogP contribution < -0.4 is 0 Å². The van der Waals surface area contributed by atoms with Gasteiger partial charge in [-0.05, 0) is 68.0 Å². The lowest BCUT2D eigenvalue weighted by Crippen LogP contribution is -2.47. The van der Waals surface area contributed by atoms with Gasteiger partial charge in [-0.15, -0.1) is 0 Å². The Hall–Kier alpha value is -2.66. The van der Waals surface area contributed by atoms with Crippen molar-refractivity contribution in [1.29, 1.82) is 0 Å². The molecule has 36 heavy (non-hydrogen) atoms. The average Bonchev–Trinajstić information content (AvgIpc) is 3.10. The summed E-state index contributed by atoms with van der Waals surface area (Å²) in [5.74, 6) is 1.69. The molecule has 3 aliphatic carbocycles. The number of H-pyrrole nitrogens is 1. The van der Waals surface area contributed by atoms with Gasteiger partial charge >= 0.3 is 5.97 Å². The van der Waals surface area contributed by atoms with E-state index in [2.05, 4.69) is 53.2 Å². The number of aromatic amines is 1. The number of imidazole rings is 1. The molecule has 2 bridgehead atoms. The molecular weight excluding hydrogens is 446 g/mol. The Balaban J connectivity index is 1.29. The third kappa shape index (κ3) is 5.08. The fourth-order valence-corrected chi connectivity index (χ4v) is 6.53. The maximum absolute atomic E-state index is 13.0. The van der Waals surface area contributed by atoms with Crippen molar-refractivity contribution >= 4 is 17.0 Å². The summed E-state index contributed by atoms with van der Waals surface area (Å²) >= 11 is 0. The number of hydrogen-bond donors (Lipinski definition) is 1. The molecule has 1 saturated carbocycles. The van der Waals surface area contributed by atoms with Gasteiger partial charge in [0, 0.05) is 25.3 Å². The molecule has 1 heterocycles. The van der Waals surface area contributed by atoms with Crippen LogP contribution in [0.1, 0.15) is 88.1 Å². The number of hydrogen-bond acceptors (Lipinski definition) is 4. The van der Waals surface area contributed by atoms with Gasteiger partial charge < -0.3 is 14.6 Å². The Morgan fingerprint density at radius 1 is 1.11 bits per heavy atom. The van der Waals surface area contributed by atoms with Crippen LogP contribution in [0.25, 0.3) is 11.0 Å². The topological polar surface area (TPSA) is 58.2 Å². The number of benzene rings is 2. The van der Waals surface area contributed by atoms with E-state index in [1.807, 2.05) is 26.0 Å². The van der Waals surface area contributed by atoms with Crippen molar-refractivity contribution in [3.8, 4) is 0 Å². The Kier molecular flexibility index (Phi) is 7.47. The minimum Gasteiger partial charge on any atom is -0.458 e. The molecule has 0 saturated heterocycles. The predicted molar refractivity (Wildman–Crippen MR) is 145 cm³/mol. The van der Waals surface area contributed by atoms with Gasteiger partial charge in [-0.3, -0.25) is 4.79 Å². The van der Waals surface area contributed by atoms with Crippen molar-refractivity contribution in [2.75, 3.05) is 19.6 Å². The molecule has 0 amide bonds. The lowest BCUT2D eigenvalue weighted by molar-refractivity contribution is -0.170. The Labute approximate surface area is 215 Å². The number of fused-ring (bicyclic) bond motifs is 4. The first-order valence-corrected chi connectivity index (χ1v) is 14.0. The van der Waals surface area contributed by atoms with Crippen molar-refractivity contribution in [2.24, 2.45) is 5.92 Å². The van der Waals surface area contributed by atoms with Crippen molar-refractivity contribution in [3.63, 3.8) is 0 Å². The smallest absolute Gasteiger partial charge is 0.308 e. The summed E-state index contributed by atoms with van der Waals surface area (Å²) in [6, 6.07) is 17.1. The highest BCUT2D eigenvalue weighted by Gasteiger charge is 2.50. The molecular formula is C31H41N3O2. The molecule has 3 atom stereocenters. The highest BCUT2D eigenvalue weighted by molar-refractivity contribution is 5.74. The van der Waals surface area contributed by atoms with E-state index < -0.39 is 5.60 Å². The number of aromatic nitrogens is 2. The normalized spacial score (nSPS) is 23.2. The number of ether oxygens (including phenoxy) is 1. The number of nitrogens with one attached hydrogen (secondary N) is 1. The van der Waals surface area contributed by atoms with E-state index in [-0.39, 0.29) is 11.9 Å². The summed E-state index contributed by atoms with van der Waals surface area (Å²) in [5, 5.41) is 0. The lowest BCUT2D eigenvalue weighted by atomic mass is 9.67. The van der Waals surface area contributed by atoms with E-state index in [1.165, 1.54) is 24.0 Å². The molecule has 5 heteroatoms. The monoisotopic (exact) mass is 487 g/mol. The van der Waals surface area contributed by atoms with Gasteiger partial charge in [0.1, 0.15) is 11.4 Å². The molecule has 1 aromatic heterocycles. The van der Waals surface area contributed by atoms with Crippen LogP contribution in [0.15, 0.2) is 48.5 Å². The SMILES string of the molecule is CCN(CCCc1nc2ccccc2[nH]1)CC[C@]1(OC(=O)C(C)C)C[C@H]2CCC[C@@H]1c1ccccc12. The van der Waals surface area contributed by atoms with Gasteiger partial charge in [-0.1, -0.05) is 63.6 Å². The standard InChI is InChI=1S/C31H41N3O2/c1-4-34(19-10-17-29-32-27-15-7-8-16-28(27)33-29)20-18-31(36-30(35)22(2)3)21-23-11-9-14-26(31)25-13-6-5-12-24(23)25/h5-8,12-13,15-16,22-23,26H,4,9-11,14,17-21H2,1-3H3,(H,32,33)/t23-,26-,31+/m1/s1. The van der Waals surface area contributed by atoms with Gasteiger partial charge in [0.25, 0.3) is 0 Å². The Morgan fingerprint density at radius 2 is 1.89 bits per heavy atom. The highest BCUT2D eigenvalue weighted by atomic mass is 16.6. The average molecular weight is 488 g/mol. The van der Waals surface area contributed by atoms with Crippen molar-refractivity contribution in [3.05, 3.63) is 65.5 Å². The molecule has 6 rings (SSSR count). The molecule has 0 aliphatic heterocycles. The lowest BCUT2D eigenvalue weighted by Gasteiger charge is -2.46.